The van der Waals surface area contributed by atoms with Gasteiger partial charge in [-0.1, -0.05) is 6.07 Å². The molecule has 0 unspecified atom stereocenters. The number of hydrogen-bond donors (Lipinski definition) is 0. The number of benzene rings is 1. The molecule has 100 valence electrons. The summed E-state index contributed by atoms with van der Waals surface area (Å²) in [5.41, 5.74) is -0.160. The first-order valence-corrected chi connectivity index (χ1v) is 6.80. The van der Waals surface area contributed by atoms with Crippen molar-refractivity contribution in [2.45, 2.75) is 13.8 Å². The fourth-order valence-electron chi connectivity index (χ4n) is 1.19. The summed E-state index contributed by atoms with van der Waals surface area (Å²) in [4.78, 5) is 10.0. The van der Waals surface area contributed by atoms with Gasteiger partial charge in [-0.05, 0) is 19.9 Å². The molecule has 18 heavy (non-hydrogen) atoms. The van der Waals surface area contributed by atoms with E-state index in [1.165, 1.54) is 18.2 Å². The van der Waals surface area contributed by atoms with Gasteiger partial charge in [-0.25, -0.2) is 4.57 Å². The van der Waals surface area contributed by atoms with E-state index >= 15 is 0 Å². The molecule has 0 saturated carbocycles. The average molecular weight is 275 g/mol. The third-order valence-corrected chi connectivity index (χ3v) is 3.40. The van der Waals surface area contributed by atoms with Gasteiger partial charge in [0.05, 0.1) is 24.2 Å². The van der Waals surface area contributed by atoms with Crippen molar-refractivity contribution in [2.24, 2.45) is 0 Å². The summed E-state index contributed by atoms with van der Waals surface area (Å²) in [6, 6.07) is 5.33. The highest BCUT2D eigenvalue weighted by Gasteiger charge is 2.27. The van der Waals surface area contributed by atoms with Gasteiger partial charge in [-0.2, -0.15) is 0 Å². The molecule has 0 radical (unpaired) electrons. The molecule has 0 fully saturated rings. The molecule has 1 aromatic carbocycles. The van der Waals surface area contributed by atoms with Crippen molar-refractivity contribution in [3.05, 3.63) is 34.4 Å². The van der Waals surface area contributed by atoms with Crippen LogP contribution in [0.5, 0.6) is 5.75 Å². The number of nitro benzene ring substituents is 1. The van der Waals surface area contributed by atoms with Gasteiger partial charge >= 0.3 is 7.82 Å². The lowest BCUT2D eigenvalue weighted by atomic mass is 10.3. The molecule has 7 nitrogen and oxygen atoms in total. The Kier molecular flexibility index (Phi) is 5.27. The van der Waals surface area contributed by atoms with Crippen molar-refractivity contribution in [3.63, 3.8) is 0 Å². The number of rotatable bonds is 7. The summed E-state index contributed by atoms with van der Waals surface area (Å²) >= 11 is 0. The van der Waals surface area contributed by atoms with Crippen LogP contribution in [0.25, 0.3) is 0 Å². The number of nitrogens with zero attached hydrogens (tertiary/aromatic N) is 1. The van der Waals surface area contributed by atoms with Crippen LogP contribution in [0.4, 0.5) is 5.69 Å². The lowest BCUT2D eigenvalue weighted by Crippen LogP contribution is -2.02. The van der Waals surface area contributed by atoms with E-state index in [0.29, 0.717) is 0 Å². The lowest BCUT2D eigenvalue weighted by molar-refractivity contribution is -0.384. The van der Waals surface area contributed by atoms with Crippen molar-refractivity contribution >= 4 is 13.5 Å². The van der Waals surface area contributed by atoms with E-state index in [0.717, 1.165) is 6.07 Å². The molecule has 0 spiro atoms. The molecular formula is C10H14NO6P. The molecule has 0 aromatic heterocycles. The molecule has 0 bridgehead atoms. The van der Waals surface area contributed by atoms with Crippen LogP contribution in [0.15, 0.2) is 24.3 Å². The molecule has 0 aliphatic rings. The summed E-state index contributed by atoms with van der Waals surface area (Å²) in [6.45, 7) is 3.57. The maximum atomic E-state index is 12.0. The van der Waals surface area contributed by atoms with Gasteiger partial charge in [0.25, 0.3) is 5.69 Å². The summed E-state index contributed by atoms with van der Waals surface area (Å²) in [5.74, 6) is 0.0643. The Morgan fingerprint density at radius 1 is 1.28 bits per heavy atom. The van der Waals surface area contributed by atoms with E-state index in [4.69, 9.17) is 13.6 Å². The summed E-state index contributed by atoms with van der Waals surface area (Å²) < 4.78 is 26.9. The zero-order valence-electron chi connectivity index (χ0n) is 10.1. The second-order valence-electron chi connectivity index (χ2n) is 3.13. The van der Waals surface area contributed by atoms with Crippen LogP contribution in [-0.4, -0.2) is 18.1 Å². The number of non-ortho nitro benzene ring substituents is 1. The molecule has 1 rings (SSSR count). The number of phosphoric ester groups is 1. The van der Waals surface area contributed by atoms with Crippen LogP contribution in [0.1, 0.15) is 13.8 Å². The molecule has 0 aliphatic carbocycles. The summed E-state index contributed by atoms with van der Waals surface area (Å²) in [7, 11) is -3.71. The standard InChI is InChI=1S/C10H14NO6P/c1-3-15-18(14,16-4-2)17-10-7-5-6-9(8-10)11(12)13/h5-8H,3-4H2,1-2H3. The molecular weight excluding hydrogens is 261 g/mol. The van der Waals surface area contributed by atoms with Gasteiger partial charge in [-0.15, -0.1) is 0 Å². The normalized spacial score (nSPS) is 11.2. The Bertz CT molecular complexity index is 453. The zero-order chi connectivity index (χ0) is 13.6. The quantitative estimate of drug-likeness (QED) is 0.431. The molecule has 0 aliphatic heterocycles. The second kappa shape index (κ2) is 6.49. The van der Waals surface area contributed by atoms with Crippen LogP contribution in [-0.2, 0) is 13.6 Å². The molecule has 0 amide bonds. The number of hydrogen-bond acceptors (Lipinski definition) is 6. The third kappa shape index (κ3) is 4.10. The predicted octanol–water partition coefficient (Wildman–Crippen LogP) is 3.15. The van der Waals surface area contributed by atoms with Crippen LogP contribution >= 0.6 is 7.82 Å². The van der Waals surface area contributed by atoms with E-state index in [9.17, 15) is 14.7 Å². The van der Waals surface area contributed by atoms with Gasteiger partial charge in [-0.3, -0.25) is 19.2 Å². The van der Waals surface area contributed by atoms with Crippen molar-refractivity contribution in [3.8, 4) is 5.75 Å². The van der Waals surface area contributed by atoms with Gasteiger partial charge in [0, 0.05) is 6.07 Å². The smallest absolute Gasteiger partial charge is 0.404 e. The van der Waals surface area contributed by atoms with Gasteiger partial charge in [0.2, 0.25) is 0 Å². The van der Waals surface area contributed by atoms with Crippen LogP contribution in [0.3, 0.4) is 0 Å². The lowest BCUT2D eigenvalue weighted by Gasteiger charge is -2.16. The van der Waals surface area contributed by atoms with Crippen molar-refractivity contribution in [1.82, 2.24) is 0 Å². The molecule has 0 atom stereocenters. The Balaban J connectivity index is 2.90. The minimum Gasteiger partial charge on any atom is -0.404 e. The minimum absolute atomic E-state index is 0.0643. The van der Waals surface area contributed by atoms with Gasteiger partial charge in [0.1, 0.15) is 5.75 Å². The minimum atomic E-state index is -3.71. The average Bonchev–Trinajstić information content (AvgIpc) is 2.29. The summed E-state index contributed by atoms with van der Waals surface area (Å²) in [6.07, 6.45) is 0. The fourth-order valence-corrected chi connectivity index (χ4v) is 2.37. The Labute approximate surface area is 104 Å². The Morgan fingerprint density at radius 3 is 2.39 bits per heavy atom. The maximum Gasteiger partial charge on any atom is 0.530 e. The molecule has 0 N–H and O–H groups in total. The van der Waals surface area contributed by atoms with Gasteiger partial charge in [0.15, 0.2) is 0 Å². The largest absolute Gasteiger partial charge is 0.530 e. The zero-order valence-corrected chi connectivity index (χ0v) is 11.0. The van der Waals surface area contributed by atoms with Crippen molar-refractivity contribution in [2.75, 3.05) is 13.2 Å². The first-order chi connectivity index (χ1) is 8.50. The van der Waals surface area contributed by atoms with E-state index in [-0.39, 0.29) is 24.7 Å². The Hall–Kier alpha value is -1.43. The SMILES string of the molecule is CCOP(=O)(OCC)Oc1cccc([N+](=O)[O-])c1. The van der Waals surface area contributed by atoms with E-state index < -0.39 is 12.7 Å². The van der Waals surface area contributed by atoms with E-state index in [1.807, 2.05) is 0 Å². The van der Waals surface area contributed by atoms with E-state index in [2.05, 4.69) is 0 Å². The van der Waals surface area contributed by atoms with Crippen molar-refractivity contribution in [1.29, 1.82) is 0 Å². The van der Waals surface area contributed by atoms with Crippen LogP contribution in [0, 0.1) is 10.1 Å². The highest BCUT2D eigenvalue weighted by atomic mass is 31.2. The number of phosphoric acid groups is 1. The Morgan fingerprint density at radius 2 is 1.89 bits per heavy atom. The fraction of sp³-hybridized carbons (Fsp3) is 0.400. The van der Waals surface area contributed by atoms with Gasteiger partial charge < -0.3 is 4.52 Å². The van der Waals surface area contributed by atoms with Crippen LogP contribution < -0.4 is 4.52 Å². The summed E-state index contributed by atoms with van der Waals surface area (Å²) in [5, 5.41) is 10.6. The van der Waals surface area contributed by atoms with E-state index in [1.54, 1.807) is 13.8 Å². The van der Waals surface area contributed by atoms with Crippen LogP contribution in [0.2, 0.25) is 0 Å². The molecule has 0 saturated heterocycles. The second-order valence-corrected chi connectivity index (χ2v) is 4.72. The highest BCUT2D eigenvalue weighted by Crippen LogP contribution is 2.49. The monoisotopic (exact) mass is 275 g/mol. The highest BCUT2D eigenvalue weighted by molar-refractivity contribution is 7.48. The molecule has 1 aromatic rings. The van der Waals surface area contributed by atoms with Crippen molar-refractivity contribution < 1.29 is 23.1 Å². The third-order valence-electron chi connectivity index (χ3n) is 1.82. The maximum absolute atomic E-state index is 12.0. The first kappa shape index (κ1) is 14.6. The first-order valence-electron chi connectivity index (χ1n) is 5.34. The topological polar surface area (TPSA) is 87.9 Å². The number of nitro groups is 1. The molecule has 8 heteroatoms. The molecule has 0 heterocycles. The predicted molar refractivity (Wildman–Crippen MR) is 64.6 cm³/mol.